The molecule has 0 aliphatic heterocycles. The molecule has 1 radical (unpaired) electrons. The lowest BCUT2D eigenvalue weighted by molar-refractivity contribution is 0.565. The van der Waals surface area contributed by atoms with Crippen molar-refractivity contribution in [3.8, 4) is 0 Å². The molecule has 0 saturated carbocycles. The van der Waals surface area contributed by atoms with Crippen molar-refractivity contribution in [1.82, 2.24) is 0 Å². The highest BCUT2D eigenvalue weighted by Crippen LogP contribution is 2.14. The van der Waals surface area contributed by atoms with Gasteiger partial charge in [-0.2, -0.15) is 0 Å². The zero-order valence-electron chi connectivity index (χ0n) is 21.1. The first-order valence-electron chi connectivity index (χ1n) is 13.6. The number of allylic oxidation sites excluding steroid dienone is 6. The molecule has 30 heavy (non-hydrogen) atoms. The molecule has 0 aliphatic carbocycles. The number of unbranched alkanes of at least 4 members (excludes halogenated alkanes) is 17. The van der Waals surface area contributed by atoms with E-state index in [0.29, 0.717) is 5.92 Å². The Balaban J connectivity index is 3.40. The quantitative estimate of drug-likeness (QED) is 0.115. The Labute approximate surface area is 191 Å². The fourth-order valence-corrected chi connectivity index (χ4v) is 3.82. The summed E-state index contributed by atoms with van der Waals surface area (Å²) in [6.07, 6.45) is 42.2. The van der Waals surface area contributed by atoms with Crippen LogP contribution >= 0.6 is 0 Å². The summed E-state index contributed by atoms with van der Waals surface area (Å²) in [5.74, 6) is 0.682. The van der Waals surface area contributed by atoms with E-state index < -0.39 is 0 Å². The molecule has 0 bridgehead atoms. The molecule has 0 aromatic carbocycles. The van der Waals surface area contributed by atoms with E-state index in [2.05, 4.69) is 63.6 Å². The molecule has 0 heteroatoms. The van der Waals surface area contributed by atoms with Crippen molar-refractivity contribution >= 4 is 0 Å². The van der Waals surface area contributed by atoms with E-state index in [-0.39, 0.29) is 0 Å². The molecule has 0 amide bonds. The monoisotopic (exact) mass is 415 g/mol. The predicted octanol–water partition coefficient (Wildman–Crippen LogP) is 10.9. The molecule has 0 N–H and O–H groups in total. The minimum absolute atomic E-state index is 0.682. The third-order valence-electron chi connectivity index (χ3n) is 5.97. The van der Waals surface area contributed by atoms with E-state index in [1.165, 1.54) is 122 Å². The molecular formula is C30H55. The van der Waals surface area contributed by atoms with Crippen LogP contribution in [0.2, 0.25) is 0 Å². The molecule has 0 rings (SSSR count). The van der Waals surface area contributed by atoms with Crippen LogP contribution in [0.3, 0.4) is 0 Å². The summed E-state index contributed by atoms with van der Waals surface area (Å²) in [6, 6.07) is 0. The smallest absolute Gasteiger partial charge is 0.0259 e. The molecular weight excluding hydrogens is 360 g/mol. The van der Waals surface area contributed by atoms with Crippen LogP contribution in [0, 0.1) is 12.3 Å². The van der Waals surface area contributed by atoms with Crippen LogP contribution in [0.4, 0.5) is 0 Å². The van der Waals surface area contributed by atoms with Crippen molar-refractivity contribution in [3.63, 3.8) is 0 Å². The Morgan fingerprint density at radius 2 is 1.00 bits per heavy atom. The molecule has 0 aliphatic rings. The van der Waals surface area contributed by atoms with Crippen LogP contribution in [0.5, 0.6) is 0 Å². The first kappa shape index (κ1) is 29.2. The van der Waals surface area contributed by atoms with Gasteiger partial charge in [0.25, 0.3) is 0 Å². The van der Waals surface area contributed by atoms with Crippen LogP contribution in [-0.4, -0.2) is 0 Å². The predicted molar refractivity (Wildman–Crippen MR) is 140 cm³/mol. The van der Waals surface area contributed by atoms with Gasteiger partial charge in [0.05, 0.1) is 0 Å². The fraction of sp³-hybridized carbons (Fsp3) is 0.767. The molecule has 0 saturated heterocycles. The third kappa shape index (κ3) is 25.3. The minimum Gasteiger partial charge on any atom is -0.0845 e. The first-order valence-corrected chi connectivity index (χ1v) is 13.6. The van der Waals surface area contributed by atoms with Gasteiger partial charge in [0, 0.05) is 0 Å². The van der Waals surface area contributed by atoms with Gasteiger partial charge in [-0.25, -0.2) is 0 Å². The Kier molecular flexibility index (Phi) is 25.6. The second-order valence-corrected chi connectivity index (χ2v) is 9.21. The number of rotatable bonds is 23. The summed E-state index contributed by atoms with van der Waals surface area (Å²) < 4.78 is 0. The minimum atomic E-state index is 0.682. The standard InChI is InChI=1S/C30H55/c1-4-6-8-10-12-14-16-17-19-21-23-25-27-29-30(3)28-26-24-22-20-18-15-13-11-9-7-5-2/h19,21,23-25,27,29-30H,4-18,20,22,26,28H2,1-3H3. The second kappa shape index (κ2) is 26.3. The molecule has 0 aromatic heterocycles. The van der Waals surface area contributed by atoms with Crippen LogP contribution in [0.15, 0.2) is 36.5 Å². The summed E-state index contributed by atoms with van der Waals surface area (Å²) in [4.78, 5) is 0. The lowest BCUT2D eigenvalue weighted by Gasteiger charge is -2.05. The highest BCUT2D eigenvalue weighted by Gasteiger charge is 1.97. The molecule has 0 nitrogen and oxygen atoms in total. The van der Waals surface area contributed by atoms with Gasteiger partial charge in [0.2, 0.25) is 0 Å². The van der Waals surface area contributed by atoms with Gasteiger partial charge in [0.1, 0.15) is 0 Å². The fourth-order valence-electron chi connectivity index (χ4n) is 3.82. The molecule has 1 atom stereocenters. The average molecular weight is 416 g/mol. The average Bonchev–Trinajstić information content (AvgIpc) is 2.75. The van der Waals surface area contributed by atoms with Gasteiger partial charge in [-0.05, 0) is 38.0 Å². The van der Waals surface area contributed by atoms with Crippen molar-refractivity contribution in [2.75, 3.05) is 0 Å². The van der Waals surface area contributed by atoms with Crippen molar-refractivity contribution in [1.29, 1.82) is 0 Å². The zero-order chi connectivity index (χ0) is 22.0. The molecule has 0 heterocycles. The maximum atomic E-state index is 2.52. The van der Waals surface area contributed by atoms with Gasteiger partial charge in [-0.15, -0.1) is 0 Å². The van der Waals surface area contributed by atoms with Gasteiger partial charge in [-0.1, -0.05) is 154 Å². The highest BCUT2D eigenvalue weighted by molar-refractivity contribution is 5.11. The third-order valence-corrected chi connectivity index (χ3v) is 5.97. The van der Waals surface area contributed by atoms with Gasteiger partial charge in [0.15, 0.2) is 0 Å². The highest BCUT2D eigenvalue weighted by atomic mass is 14.0. The normalized spacial score (nSPS) is 13.3. The van der Waals surface area contributed by atoms with E-state index in [9.17, 15) is 0 Å². The lowest BCUT2D eigenvalue weighted by atomic mass is 10.0. The van der Waals surface area contributed by atoms with E-state index >= 15 is 0 Å². The number of hydrogen-bond donors (Lipinski definition) is 0. The summed E-state index contributed by atoms with van der Waals surface area (Å²) >= 11 is 0. The topological polar surface area (TPSA) is 0 Å². The molecule has 0 spiro atoms. The molecule has 0 aromatic rings. The van der Waals surface area contributed by atoms with Crippen molar-refractivity contribution < 1.29 is 0 Å². The Bertz CT molecular complexity index is 387. The van der Waals surface area contributed by atoms with Crippen LogP contribution in [-0.2, 0) is 0 Å². The van der Waals surface area contributed by atoms with Crippen LogP contribution in [0.1, 0.15) is 143 Å². The lowest BCUT2D eigenvalue weighted by Crippen LogP contribution is -1.90. The maximum absolute atomic E-state index is 2.52. The summed E-state index contributed by atoms with van der Waals surface area (Å²) in [6.45, 7) is 6.91. The van der Waals surface area contributed by atoms with Crippen LogP contribution < -0.4 is 0 Å². The van der Waals surface area contributed by atoms with E-state index in [4.69, 9.17) is 0 Å². The summed E-state index contributed by atoms with van der Waals surface area (Å²) in [5.41, 5.74) is 0. The van der Waals surface area contributed by atoms with Crippen molar-refractivity contribution in [2.24, 2.45) is 5.92 Å². The van der Waals surface area contributed by atoms with Crippen molar-refractivity contribution in [2.45, 2.75) is 143 Å². The Morgan fingerprint density at radius 1 is 0.500 bits per heavy atom. The Hall–Kier alpha value is -0.780. The number of hydrogen-bond acceptors (Lipinski definition) is 0. The SMILES string of the molecule is CCCCCCCCCC=CC=CC=CC(C)CC[CH]CCCCCCCCCC. The maximum Gasteiger partial charge on any atom is -0.0259 e. The molecule has 0 fully saturated rings. The zero-order valence-corrected chi connectivity index (χ0v) is 21.1. The summed E-state index contributed by atoms with van der Waals surface area (Å²) in [7, 11) is 0. The molecule has 1 unspecified atom stereocenters. The summed E-state index contributed by atoms with van der Waals surface area (Å²) in [5, 5.41) is 0. The van der Waals surface area contributed by atoms with Crippen LogP contribution in [0.25, 0.3) is 0 Å². The van der Waals surface area contributed by atoms with E-state index in [0.717, 1.165) is 0 Å². The van der Waals surface area contributed by atoms with E-state index in [1.54, 1.807) is 0 Å². The second-order valence-electron chi connectivity index (χ2n) is 9.21. The van der Waals surface area contributed by atoms with Gasteiger partial charge in [-0.3, -0.25) is 0 Å². The van der Waals surface area contributed by atoms with Gasteiger partial charge >= 0.3 is 0 Å². The Morgan fingerprint density at radius 3 is 1.60 bits per heavy atom. The molecule has 175 valence electrons. The van der Waals surface area contributed by atoms with E-state index in [1.807, 2.05) is 0 Å². The van der Waals surface area contributed by atoms with Crippen molar-refractivity contribution in [3.05, 3.63) is 42.9 Å². The largest absolute Gasteiger partial charge is 0.0845 e. The van der Waals surface area contributed by atoms with Gasteiger partial charge < -0.3 is 0 Å². The first-order chi connectivity index (χ1) is 14.8.